The second-order valence-electron chi connectivity index (χ2n) is 10.1. The van der Waals surface area contributed by atoms with Crippen molar-refractivity contribution in [3.05, 3.63) is 57.2 Å². The lowest BCUT2D eigenvalue weighted by Crippen LogP contribution is -2.34. The van der Waals surface area contributed by atoms with Crippen LogP contribution >= 0.6 is 11.8 Å². The van der Waals surface area contributed by atoms with Gasteiger partial charge in [0, 0.05) is 5.56 Å². The molecular formula is C27H30FNO3S. The Morgan fingerprint density at radius 2 is 1.73 bits per heavy atom. The highest BCUT2D eigenvalue weighted by molar-refractivity contribution is 8.18. The number of amides is 2. The van der Waals surface area contributed by atoms with Gasteiger partial charge in [-0.25, -0.2) is 4.39 Å². The SMILES string of the molecule is CCOc1ccc(C=C2SC(=O)NC2=O)c(F)c1-c1cc2c(cc1C)C(C)(C)CCC2(C)C. The highest BCUT2D eigenvalue weighted by Gasteiger charge is 2.38. The maximum atomic E-state index is 16.0. The van der Waals surface area contributed by atoms with Crippen LogP contribution in [0.3, 0.4) is 0 Å². The van der Waals surface area contributed by atoms with Crippen molar-refractivity contribution >= 4 is 29.0 Å². The Hall–Kier alpha value is -2.60. The first-order valence-corrected chi connectivity index (χ1v) is 12.1. The molecule has 174 valence electrons. The van der Waals surface area contributed by atoms with E-state index in [-0.39, 0.29) is 21.3 Å². The van der Waals surface area contributed by atoms with E-state index in [9.17, 15) is 9.59 Å². The number of thioether (sulfide) groups is 1. The fraction of sp³-hybridized carbons (Fsp3) is 0.407. The number of hydrogen-bond acceptors (Lipinski definition) is 4. The van der Waals surface area contributed by atoms with E-state index in [4.69, 9.17) is 4.74 Å². The molecule has 1 aliphatic heterocycles. The van der Waals surface area contributed by atoms with Crippen LogP contribution in [-0.2, 0) is 15.6 Å². The quantitative estimate of drug-likeness (QED) is 0.498. The summed E-state index contributed by atoms with van der Waals surface area (Å²) in [5, 5.41) is 1.76. The maximum Gasteiger partial charge on any atom is 0.290 e. The Balaban J connectivity index is 1.94. The molecule has 1 fully saturated rings. The fourth-order valence-electron chi connectivity index (χ4n) is 4.77. The molecule has 0 aromatic heterocycles. The third kappa shape index (κ3) is 4.21. The van der Waals surface area contributed by atoms with Crippen molar-refractivity contribution < 1.29 is 18.7 Å². The van der Waals surface area contributed by atoms with Gasteiger partial charge in [-0.1, -0.05) is 33.8 Å². The van der Waals surface area contributed by atoms with Crippen LogP contribution in [0.4, 0.5) is 9.18 Å². The van der Waals surface area contributed by atoms with Crippen LogP contribution < -0.4 is 10.1 Å². The first kappa shape index (κ1) is 23.6. The van der Waals surface area contributed by atoms with Crippen molar-refractivity contribution in [1.82, 2.24) is 5.32 Å². The number of carbonyl (C=O) groups is 2. The van der Waals surface area contributed by atoms with E-state index in [0.29, 0.717) is 17.9 Å². The Morgan fingerprint density at radius 3 is 2.30 bits per heavy atom. The highest BCUT2D eigenvalue weighted by atomic mass is 32.2. The molecule has 2 aromatic rings. The van der Waals surface area contributed by atoms with Gasteiger partial charge < -0.3 is 4.74 Å². The lowest BCUT2D eigenvalue weighted by molar-refractivity contribution is -0.115. The molecule has 2 aliphatic rings. The second kappa shape index (κ2) is 8.32. The van der Waals surface area contributed by atoms with Crippen LogP contribution in [0.15, 0.2) is 29.2 Å². The lowest BCUT2D eigenvalue weighted by atomic mass is 9.62. The molecule has 0 spiro atoms. The molecule has 4 nitrogen and oxygen atoms in total. The third-order valence-corrected chi connectivity index (χ3v) is 7.64. The molecule has 33 heavy (non-hydrogen) atoms. The molecule has 4 rings (SSSR count). The number of carbonyl (C=O) groups excluding carboxylic acids is 2. The summed E-state index contributed by atoms with van der Waals surface area (Å²) in [6, 6.07) is 7.66. The Kier molecular flexibility index (Phi) is 5.94. The summed E-state index contributed by atoms with van der Waals surface area (Å²) in [5.74, 6) is -0.501. The van der Waals surface area contributed by atoms with Gasteiger partial charge in [-0.15, -0.1) is 0 Å². The Morgan fingerprint density at radius 1 is 1.09 bits per heavy atom. The van der Waals surface area contributed by atoms with E-state index in [1.807, 2.05) is 13.8 Å². The molecule has 0 atom stereocenters. The Labute approximate surface area is 199 Å². The number of hydrogen-bond donors (Lipinski definition) is 1. The first-order chi connectivity index (χ1) is 15.4. The molecule has 1 saturated heterocycles. The normalized spacial score (nSPS) is 20.0. The molecule has 2 amide bonds. The number of halogens is 1. The number of ether oxygens (including phenoxy) is 1. The first-order valence-electron chi connectivity index (χ1n) is 11.3. The zero-order valence-corrected chi connectivity index (χ0v) is 20.8. The van der Waals surface area contributed by atoms with Crippen molar-refractivity contribution in [3.8, 4) is 16.9 Å². The van der Waals surface area contributed by atoms with E-state index in [1.165, 1.54) is 17.2 Å². The summed E-state index contributed by atoms with van der Waals surface area (Å²) >= 11 is 0.778. The summed E-state index contributed by atoms with van der Waals surface area (Å²) in [5.41, 5.74) is 5.00. The van der Waals surface area contributed by atoms with Crippen LogP contribution in [0.25, 0.3) is 17.2 Å². The number of imide groups is 1. The molecule has 0 bridgehead atoms. The van der Waals surface area contributed by atoms with Crippen molar-refractivity contribution in [2.75, 3.05) is 6.61 Å². The van der Waals surface area contributed by atoms with Crippen LogP contribution in [0.1, 0.15) is 69.7 Å². The average molecular weight is 468 g/mol. The van der Waals surface area contributed by atoms with E-state index in [1.54, 1.807) is 12.1 Å². The molecule has 6 heteroatoms. The monoisotopic (exact) mass is 467 g/mol. The fourth-order valence-corrected chi connectivity index (χ4v) is 5.44. The minimum absolute atomic E-state index is 0.0198. The number of rotatable bonds is 4. The van der Waals surface area contributed by atoms with E-state index in [0.717, 1.165) is 35.7 Å². The molecular weight excluding hydrogens is 437 g/mol. The topological polar surface area (TPSA) is 55.4 Å². The summed E-state index contributed by atoms with van der Waals surface area (Å²) in [4.78, 5) is 23.7. The third-order valence-electron chi connectivity index (χ3n) is 6.83. The van der Waals surface area contributed by atoms with Gasteiger partial charge in [0.15, 0.2) is 0 Å². The zero-order valence-electron chi connectivity index (χ0n) is 20.0. The van der Waals surface area contributed by atoms with Crippen LogP contribution in [-0.4, -0.2) is 17.8 Å². The number of nitrogens with one attached hydrogen (secondary N) is 1. The molecule has 2 aromatic carbocycles. The van der Waals surface area contributed by atoms with E-state index >= 15 is 4.39 Å². The van der Waals surface area contributed by atoms with Gasteiger partial charge in [0.1, 0.15) is 11.6 Å². The number of aryl methyl sites for hydroxylation is 1. The molecule has 1 N–H and O–H groups in total. The summed E-state index contributed by atoms with van der Waals surface area (Å²) in [7, 11) is 0. The molecule has 1 aliphatic carbocycles. The Bertz CT molecular complexity index is 1200. The van der Waals surface area contributed by atoms with Crippen molar-refractivity contribution in [2.45, 2.75) is 65.2 Å². The zero-order chi connectivity index (χ0) is 24.1. The van der Waals surface area contributed by atoms with Gasteiger partial charge in [-0.2, -0.15) is 0 Å². The number of fused-ring (bicyclic) bond motifs is 1. The van der Waals surface area contributed by atoms with Crippen LogP contribution in [0.5, 0.6) is 5.75 Å². The predicted octanol–water partition coefficient (Wildman–Crippen LogP) is 6.87. The lowest BCUT2D eigenvalue weighted by Gasteiger charge is -2.42. The summed E-state index contributed by atoms with van der Waals surface area (Å²) in [6.07, 6.45) is 3.59. The summed E-state index contributed by atoms with van der Waals surface area (Å²) in [6.45, 7) is 13.3. The van der Waals surface area contributed by atoms with Crippen molar-refractivity contribution in [3.63, 3.8) is 0 Å². The van der Waals surface area contributed by atoms with Gasteiger partial charge >= 0.3 is 0 Å². The molecule has 0 radical (unpaired) electrons. The van der Waals surface area contributed by atoms with Gasteiger partial charge in [0.2, 0.25) is 0 Å². The minimum Gasteiger partial charge on any atom is -0.493 e. The molecule has 0 unspecified atom stereocenters. The van der Waals surface area contributed by atoms with E-state index < -0.39 is 17.0 Å². The largest absolute Gasteiger partial charge is 0.493 e. The standard InChI is InChI=1S/C27H30FNO3S/c1-7-32-20-9-8-16(13-21-24(30)29-25(31)33-21)23(28)22(20)17-14-19-18(12-15(17)2)26(3,4)10-11-27(19,5)6/h8-9,12-14H,7,10-11H2,1-6H3,(H,29,30,31). The van der Waals surface area contributed by atoms with E-state index in [2.05, 4.69) is 45.1 Å². The van der Waals surface area contributed by atoms with Gasteiger partial charge in [-0.3, -0.25) is 14.9 Å². The average Bonchev–Trinajstić information content (AvgIpc) is 3.05. The van der Waals surface area contributed by atoms with Crippen molar-refractivity contribution in [1.29, 1.82) is 0 Å². The highest BCUT2D eigenvalue weighted by Crippen LogP contribution is 2.49. The molecule has 0 saturated carbocycles. The second-order valence-corrected chi connectivity index (χ2v) is 11.1. The van der Waals surface area contributed by atoms with Gasteiger partial charge in [0.05, 0.1) is 17.1 Å². The van der Waals surface area contributed by atoms with Gasteiger partial charge in [-0.05, 0) is 95.8 Å². The summed E-state index contributed by atoms with van der Waals surface area (Å²) < 4.78 is 21.9. The minimum atomic E-state index is -0.506. The maximum absolute atomic E-state index is 16.0. The van der Waals surface area contributed by atoms with Crippen LogP contribution in [0.2, 0.25) is 0 Å². The molecule has 1 heterocycles. The number of benzene rings is 2. The smallest absolute Gasteiger partial charge is 0.290 e. The van der Waals surface area contributed by atoms with Crippen LogP contribution in [0, 0.1) is 12.7 Å². The predicted molar refractivity (Wildman–Crippen MR) is 132 cm³/mol. The van der Waals surface area contributed by atoms with Gasteiger partial charge in [0.25, 0.3) is 11.1 Å². The van der Waals surface area contributed by atoms with Crippen molar-refractivity contribution in [2.24, 2.45) is 0 Å².